The Kier molecular flexibility index (Phi) is 4.61. The second-order valence-corrected chi connectivity index (χ2v) is 8.10. The summed E-state index contributed by atoms with van der Waals surface area (Å²) < 4.78 is 0. The molecule has 4 rings (SSSR count). The monoisotopic (exact) mass is 381 g/mol. The molecule has 7 nitrogen and oxygen atoms in total. The van der Waals surface area contributed by atoms with Crippen LogP contribution in [-0.4, -0.2) is 63.3 Å². The Morgan fingerprint density at radius 3 is 2.50 bits per heavy atom. The number of hydrogen-bond donors (Lipinski definition) is 0. The molecule has 148 valence electrons. The van der Waals surface area contributed by atoms with E-state index in [9.17, 15) is 9.59 Å². The summed E-state index contributed by atoms with van der Waals surface area (Å²) in [6, 6.07) is 9.44. The van der Waals surface area contributed by atoms with E-state index in [0.717, 1.165) is 18.1 Å². The first kappa shape index (κ1) is 18.5. The number of urea groups is 1. The van der Waals surface area contributed by atoms with Crippen LogP contribution in [0.1, 0.15) is 32.8 Å². The van der Waals surface area contributed by atoms with Crippen LogP contribution in [0.3, 0.4) is 0 Å². The van der Waals surface area contributed by atoms with Crippen molar-refractivity contribution >= 4 is 17.9 Å². The molecule has 0 bridgehead atoms. The summed E-state index contributed by atoms with van der Waals surface area (Å²) >= 11 is 0. The summed E-state index contributed by atoms with van der Waals surface area (Å²) in [5.41, 5.74) is 2.21. The maximum absolute atomic E-state index is 13.2. The van der Waals surface area contributed by atoms with E-state index in [2.05, 4.69) is 30.9 Å². The number of carbonyl (C=O) groups excluding carboxylic acids is 2. The van der Waals surface area contributed by atoms with Crippen LogP contribution in [-0.2, 0) is 11.3 Å². The molecule has 7 heteroatoms. The smallest absolute Gasteiger partial charge is 0.310 e. The number of rotatable bonds is 5. The fourth-order valence-electron chi connectivity index (χ4n) is 3.96. The predicted molar refractivity (Wildman–Crippen MR) is 107 cm³/mol. The average Bonchev–Trinajstić information content (AvgIpc) is 3.17. The second kappa shape index (κ2) is 6.96. The molecule has 3 amide bonds. The number of aliphatic imine (C=N–C) groups is 1. The van der Waals surface area contributed by atoms with Gasteiger partial charge in [-0.25, -0.2) is 9.79 Å². The first-order valence-corrected chi connectivity index (χ1v) is 9.82. The summed E-state index contributed by atoms with van der Waals surface area (Å²) in [6.07, 6.45) is 2.30. The van der Waals surface area contributed by atoms with E-state index in [0.29, 0.717) is 19.0 Å². The number of amides is 3. The third-order valence-electron chi connectivity index (χ3n) is 5.62. The van der Waals surface area contributed by atoms with Crippen molar-refractivity contribution in [1.82, 2.24) is 19.6 Å². The maximum atomic E-state index is 13.2. The van der Waals surface area contributed by atoms with Gasteiger partial charge in [-0.05, 0) is 24.8 Å². The average molecular weight is 381 g/mol. The molecular weight excluding hydrogens is 354 g/mol. The Hall–Kier alpha value is -2.83. The molecule has 0 radical (unpaired) electrons. The molecule has 1 aromatic rings. The summed E-state index contributed by atoms with van der Waals surface area (Å²) in [7, 11) is 1.74. The van der Waals surface area contributed by atoms with Crippen molar-refractivity contribution in [2.45, 2.75) is 45.9 Å². The zero-order valence-electron chi connectivity index (χ0n) is 16.9. The topological polar surface area (TPSA) is 59.5 Å². The van der Waals surface area contributed by atoms with E-state index in [1.165, 1.54) is 10.5 Å². The number of fused-ring (bicyclic) bond motifs is 3. The van der Waals surface area contributed by atoms with Crippen LogP contribution < -0.4 is 0 Å². The highest BCUT2D eigenvalue weighted by Gasteiger charge is 2.54. The van der Waals surface area contributed by atoms with Gasteiger partial charge in [-0.2, -0.15) is 0 Å². The van der Waals surface area contributed by atoms with Gasteiger partial charge in [0.2, 0.25) is 5.96 Å². The molecule has 0 spiro atoms. The number of likely N-dealkylation sites (N-methyl/N-ethyl adjacent to an activating group) is 1. The normalized spacial score (nSPS) is 24.0. The molecule has 28 heavy (non-hydrogen) atoms. The molecule has 2 atom stereocenters. The number of nitrogens with zero attached hydrogens (tertiary/aromatic N) is 5. The van der Waals surface area contributed by atoms with Crippen LogP contribution in [0.15, 0.2) is 47.2 Å². The van der Waals surface area contributed by atoms with Crippen molar-refractivity contribution in [3.63, 3.8) is 0 Å². The van der Waals surface area contributed by atoms with Crippen LogP contribution in [0.25, 0.3) is 0 Å². The quantitative estimate of drug-likeness (QED) is 0.787. The highest BCUT2D eigenvalue weighted by Crippen LogP contribution is 2.34. The van der Waals surface area contributed by atoms with Crippen LogP contribution in [0.5, 0.6) is 0 Å². The Bertz CT molecular complexity index is 848. The van der Waals surface area contributed by atoms with Gasteiger partial charge in [0.1, 0.15) is 0 Å². The number of hydrogen-bond acceptors (Lipinski definition) is 5. The van der Waals surface area contributed by atoms with Crippen molar-refractivity contribution in [3.05, 3.63) is 47.8 Å². The first-order valence-electron chi connectivity index (χ1n) is 9.82. The summed E-state index contributed by atoms with van der Waals surface area (Å²) in [6.45, 7) is 7.34. The van der Waals surface area contributed by atoms with Gasteiger partial charge in [0.15, 0.2) is 12.2 Å². The number of imide groups is 1. The highest BCUT2D eigenvalue weighted by atomic mass is 16.2. The molecular formula is C21H27N5O2. The molecule has 1 fully saturated rings. The minimum absolute atomic E-state index is 0.155. The molecule has 3 heterocycles. The van der Waals surface area contributed by atoms with Gasteiger partial charge in [0.25, 0.3) is 5.91 Å². The van der Waals surface area contributed by atoms with Crippen molar-refractivity contribution in [2.75, 3.05) is 13.6 Å². The molecule has 0 aromatic heterocycles. The third-order valence-corrected chi connectivity index (χ3v) is 5.62. The lowest BCUT2D eigenvalue weighted by Gasteiger charge is -2.40. The van der Waals surface area contributed by atoms with Gasteiger partial charge in [-0.3, -0.25) is 9.69 Å². The van der Waals surface area contributed by atoms with Crippen molar-refractivity contribution in [2.24, 2.45) is 10.9 Å². The molecule has 0 aliphatic carbocycles. The standard InChI is InChI=1S/C21H27N5O2/c1-14(2)10-11-24-19(27)17-18(23(4)21(24)28)22-20-25(15(3)12-26(17)20)13-16-8-6-5-7-9-16/h5-9,12,14,17-18H,10-11,13H2,1-4H3. The van der Waals surface area contributed by atoms with E-state index in [1.807, 2.05) is 36.2 Å². The largest absolute Gasteiger partial charge is 0.328 e. The maximum Gasteiger partial charge on any atom is 0.328 e. The minimum atomic E-state index is -0.486. The number of allylic oxidation sites excluding steroid dienone is 1. The zero-order chi connectivity index (χ0) is 20.0. The molecule has 0 N–H and O–H groups in total. The van der Waals surface area contributed by atoms with Gasteiger partial charge >= 0.3 is 6.03 Å². The summed E-state index contributed by atoms with van der Waals surface area (Å²) in [5, 5.41) is 0. The van der Waals surface area contributed by atoms with Crippen molar-refractivity contribution in [3.8, 4) is 0 Å². The molecule has 1 saturated heterocycles. The zero-order valence-corrected chi connectivity index (χ0v) is 16.9. The van der Waals surface area contributed by atoms with Gasteiger partial charge in [0.05, 0.1) is 6.54 Å². The lowest BCUT2D eigenvalue weighted by atomic mass is 10.1. The van der Waals surface area contributed by atoms with E-state index in [1.54, 1.807) is 11.9 Å². The van der Waals surface area contributed by atoms with E-state index >= 15 is 0 Å². The third kappa shape index (κ3) is 2.95. The predicted octanol–water partition coefficient (Wildman–Crippen LogP) is 2.67. The van der Waals surface area contributed by atoms with Crippen LogP contribution >= 0.6 is 0 Å². The van der Waals surface area contributed by atoms with E-state index in [-0.39, 0.29) is 11.9 Å². The van der Waals surface area contributed by atoms with Crippen molar-refractivity contribution in [1.29, 1.82) is 0 Å². The van der Waals surface area contributed by atoms with Gasteiger partial charge in [0, 0.05) is 25.5 Å². The molecule has 3 aliphatic heterocycles. The lowest BCUT2D eigenvalue weighted by Crippen LogP contribution is -2.64. The number of carbonyl (C=O) groups is 2. The van der Waals surface area contributed by atoms with Crippen LogP contribution in [0, 0.1) is 5.92 Å². The van der Waals surface area contributed by atoms with E-state index in [4.69, 9.17) is 4.99 Å². The van der Waals surface area contributed by atoms with Crippen molar-refractivity contribution < 1.29 is 9.59 Å². The van der Waals surface area contributed by atoms with Gasteiger partial charge in [-0.1, -0.05) is 44.2 Å². The van der Waals surface area contributed by atoms with Crippen LogP contribution in [0.4, 0.5) is 4.79 Å². The summed E-state index contributed by atoms with van der Waals surface area (Å²) in [4.78, 5) is 37.8. The van der Waals surface area contributed by atoms with Crippen LogP contribution in [0.2, 0.25) is 0 Å². The fourth-order valence-corrected chi connectivity index (χ4v) is 3.96. The molecule has 2 unspecified atom stereocenters. The summed E-state index contributed by atoms with van der Waals surface area (Å²) in [5.74, 6) is 1.02. The second-order valence-electron chi connectivity index (χ2n) is 8.10. The Morgan fingerprint density at radius 2 is 1.82 bits per heavy atom. The SMILES string of the molecule is CC1=CN2C(=NC3C2C(=O)N(CCC(C)C)C(=O)N3C)N1Cc1ccccc1. The molecule has 3 aliphatic rings. The lowest BCUT2D eigenvalue weighted by molar-refractivity contribution is -0.136. The van der Waals surface area contributed by atoms with Gasteiger partial charge < -0.3 is 14.7 Å². The number of benzene rings is 1. The molecule has 0 saturated carbocycles. The minimum Gasteiger partial charge on any atom is -0.310 e. The van der Waals surface area contributed by atoms with Gasteiger partial charge in [-0.15, -0.1) is 0 Å². The first-order chi connectivity index (χ1) is 13.4. The number of guanidine groups is 1. The highest BCUT2D eigenvalue weighted by molar-refractivity contribution is 6.04. The Balaban J connectivity index is 1.60. The van der Waals surface area contributed by atoms with E-state index < -0.39 is 12.2 Å². The fraction of sp³-hybridized carbons (Fsp3) is 0.476. The Labute approximate surface area is 165 Å². The Morgan fingerprint density at radius 1 is 1.11 bits per heavy atom. The molecule has 1 aromatic carbocycles.